The fourth-order valence-electron chi connectivity index (χ4n) is 2.11. The topological polar surface area (TPSA) is 56.1 Å². The summed E-state index contributed by atoms with van der Waals surface area (Å²) in [4.78, 5) is 16.2. The third-order valence-corrected chi connectivity index (χ3v) is 3.30. The van der Waals surface area contributed by atoms with Crippen molar-refractivity contribution in [3.05, 3.63) is 52.6 Å². The second-order valence-electron chi connectivity index (χ2n) is 4.95. The molecule has 0 atom stereocenters. The Balaban J connectivity index is 1.80. The highest BCUT2D eigenvalue weighted by atomic mass is 16.5. The van der Waals surface area contributed by atoms with Crippen molar-refractivity contribution in [1.82, 2.24) is 14.9 Å². The van der Waals surface area contributed by atoms with E-state index in [9.17, 15) is 4.79 Å². The first kappa shape index (κ1) is 12.9. The number of benzene rings is 1. The number of nitrogens with one attached hydrogen (secondary N) is 1. The van der Waals surface area contributed by atoms with Crippen molar-refractivity contribution in [2.45, 2.75) is 25.4 Å². The molecule has 1 fully saturated rings. The van der Waals surface area contributed by atoms with Crippen LogP contribution >= 0.6 is 0 Å². The first-order valence-corrected chi connectivity index (χ1v) is 6.76. The van der Waals surface area contributed by atoms with Crippen LogP contribution in [0.2, 0.25) is 0 Å². The van der Waals surface area contributed by atoms with E-state index in [1.165, 1.54) is 0 Å². The van der Waals surface area contributed by atoms with Crippen LogP contribution in [0.25, 0.3) is 0 Å². The zero-order chi connectivity index (χ0) is 13.9. The molecule has 0 aliphatic heterocycles. The molecule has 0 spiro atoms. The van der Waals surface area contributed by atoms with E-state index in [4.69, 9.17) is 4.74 Å². The predicted molar refractivity (Wildman–Crippen MR) is 76.0 cm³/mol. The standard InChI is InChI=1S/C15H17N3O2/c1-16-10-11-2-6-13(7-3-11)20-14-15(19)18(9-8-17-14)12-4-5-12/h2-3,6-9,12,16H,4-5,10H2,1H3. The lowest BCUT2D eigenvalue weighted by atomic mass is 10.2. The van der Waals surface area contributed by atoms with Crippen LogP contribution in [0.15, 0.2) is 41.5 Å². The molecule has 1 aromatic carbocycles. The molecule has 5 heteroatoms. The maximum absolute atomic E-state index is 12.2. The highest BCUT2D eigenvalue weighted by Gasteiger charge is 2.25. The summed E-state index contributed by atoms with van der Waals surface area (Å²) in [5, 5.41) is 3.08. The van der Waals surface area contributed by atoms with E-state index in [1.54, 1.807) is 17.0 Å². The van der Waals surface area contributed by atoms with Gasteiger partial charge in [-0.05, 0) is 37.6 Å². The van der Waals surface area contributed by atoms with Gasteiger partial charge in [-0.1, -0.05) is 12.1 Å². The van der Waals surface area contributed by atoms with Gasteiger partial charge >= 0.3 is 5.56 Å². The number of ether oxygens (including phenoxy) is 1. The first-order valence-electron chi connectivity index (χ1n) is 6.76. The molecule has 20 heavy (non-hydrogen) atoms. The Hall–Kier alpha value is -2.14. The molecule has 1 heterocycles. The Morgan fingerprint density at radius 1 is 1.35 bits per heavy atom. The maximum atomic E-state index is 12.2. The molecule has 1 aliphatic rings. The van der Waals surface area contributed by atoms with Gasteiger partial charge in [-0.2, -0.15) is 0 Å². The Morgan fingerprint density at radius 3 is 2.75 bits per heavy atom. The monoisotopic (exact) mass is 271 g/mol. The van der Waals surface area contributed by atoms with Crippen LogP contribution in [-0.2, 0) is 6.54 Å². The van der Waals surface area contributed by atoms with Crippen molar-refractivity contribution in [3.8, 4) is 11.6 Å². The predicted octanol–water partition coefficient (Wildman–Crippen LogP) is 2.09. The molecule has 0 bridgehead atoms. The number of hydrogen-bond donors (Lipinski definition) is 1. The summed E-state index contributed by atoms with van der Waals surface area (Å²) in [5.74, 6) is 0.767. The van der Waals surface area contributed by atoms with Gasteiger partial charge in [0.2, 0.25) is 0 Å². The van der Waals surface area contributed by atoms with E-state index in [-0.39, 0.29) is 11.4 Å². The third kappa shape index (κ3) is 2.72. The van der Waals surface area contributed by atoms with Gasteiger partial charge in [0.05, 0.1) is 0 Å². The van der Waals surface area contributed by atoms with Gasteiger partial charge in [-0.3, -0.25) is 4.79 Å². The lowest BCUT2D eigenvalue weighted by molar-refractivity contribution is 0.444. The zero-order valence-electron chi connectivity index (χ0n) is 11.4. The summed E-state index contributed by atoms with van der Waals surface area (Å²) < 4.78 is 7.30. The average Bonchev–Trinajstić information content (AvgIpc) is 3.28. The van der Waals surface area contributed by atoms with Crippen LogP contribution in [0, 0.1) is 0 Å². The molecule has 1 saturated carbocycles. The highest BCUT2D eigenvalue weighted by Crippen LogP contribution is 2.33. The SMILES string of the molecule is CNCc1ccc(Oc2nccn(C3CC3)c2=O)cc1. The molecule has 3 rings (SSSR count). The average molecular weight is 271 g/mol. The second kappa shape index (κ2) is 5.46. The smallest absolute Gasteiger partial charge is 0.313 e. The van der Waals surface area contributed by atoms with Crippen molar-refractivity contribution in [2.24, 2.45) is 0 Å². The van der Waals surface area contributed by atoms with E-state index in [1.807, 2.05) is 31.3 Å². The number of rotatable bonds is 5. The van der Waals surface area contributed by atoms with Crippen LogP contribution < -0.4 is 15.6 Å². The molecular formula is C15H17N3O2. The first-order chi connectivity index (χ1) is 9.78. The fraction of sp³-hybridized carbons (Fsp3) is 0.333. The van der Waals surface area contributed by atoms with Crippen LogP contribution in [0.4, 0.5) is 0 Å². The normalized spacial score (nSPS) is 14.2. The summed E-state index contributed by atoms with van der Waals surface area (Å²) in [7, 11) is 1.90. The van der Waals surface area contributed by atoms with E-state index >= 15 is 0 Å². The fourth-order valence-corrected chi connectivity index (χ4v) is 2.11. The molecule has 104 valence electrons. The molecular weight excluding hydrogens is 254 g/mol. The minimum Gasteiger partial charge on any atom is -0.435 e. The van der Waals surface area contributed by atoms with Gasteiger partial charge in [0.1, 0.15) is 5.75 Å². The Bertz CT molecular complexity index is 645. The molecule has 2 aromatic rings. The largest absolute Gasteiger partial charge is 0.435 e. The van der Waals surface area contributed by atoms with E-state index < -0.39 is 0 Å². The minimum absolute atomic E-state index is 0.140. The van der Waals surface area contributed by atoms with E-state index in [2.05, 4.69) is 10.3 Å². The summed E-state index contributed by atoms with van der Waals surface area (Å²) in [5.41, 5.74) is 1.01. The van der Waals surface area contributed by atoms with Gasteiger partial charge in [0.25, 0.3) is 5.88 Å². The number of hydrogen-bond acceptors (Lipinski definition) is 4. The van der Waals surface area contributed by atoms with Gasteiger partial charge in [0.15, 0.2) is 0 Å². The summed E-state index contributed by atoms with van der Waals surface area (Å²) in [6.45, 7) is 0.804. The Labute approximate surface area is 117 Å². The van der Waals surface area contributed by atoms with Crippen molar-refractivity contribution >= 4 is 0 Å². The van der Waals surface area contributed by atoms with Crippen LogP contribution in [0.3, 0.4) is 0 Å². The van der Waals surface area contributed by atoms with Crippen molar-refractivity contribution in [3.63, 3.8) is 0 Å². The summed E-state index contributed by atoms with van der Waals surface area (Å²) in [6.07, 6.45) is 5.46. The molecule has 5 nitrogen and oxygen atoms in total. The lowest BCUT2D eigenvalue weighted by Crippen LogP contribution is -2.20. The van der Waals surface area contributed by atoms with Gasteiger partial charge in [-0.25, -0.2) is 4.98 Å². The van der Waals surface area contributed by atoms with Crippen LogP contribution in [-0.4, -0.2) is 16.6 Å². The van der Waals surface area contributed by atoms with Gasteiger partial charge < -0.3 is 14.6 Å². The summed E-state index contributed by atoms with van der Waals surface area (Å²) >= 11 is 0. The quantitative estimate of drug-likeness (QED) is 0.904. The second-order valence-corrected chi connectivity index (χ2v) is 4.95. The van der Waals surface area contributed by atoms with Crippen LogP contribution in [0.1, 0.15) is 24.4 Å². The van der Waals surface area contributed by atoms with E-state index in [0.717, 1.165) is 24.9 Å². The van der Waals surface area contributed by atoms with Crippen LogP contribution in [0.5, 0.6) is 11.6 Å². The molecule has 0 saturated heterocycles. The van der Waals surface area contributed by atoms with Gasteiger partial charge in [-0.15, -0.1) is 0 Å². The molecule has 0 amide bonds. The third-order valence-electron chi connectivity index (χ3n) is 3.30. The summed E-state index contributed by atoms with van der Waals surface area (Å²) in [6, 6.07) is 7.96. The van der Waals surface area contributed by atoms with Crippen molar-refractivity contribution in [2.75, 3.05) is 7.05 Å². The Morgan fingerprint density at radius 2 is 2.10 bits per heavy atom. The number of aromatic nitrogens is 2. The van der Waals surface area contributed by atoms with Crippen molar-refractivity contribution < 1.29 is 4.74 Å². The molecule has 1 aliphatic carbocycles. The number of nitrogens with zero attached hydrogens (tertiary/aromatic N) is 2. The van der Waals surface area contributed by atoms with Gasteiger partial charge in [0, 0.05) is 25.0 Å². The van der Waals surface area contributed by atoms with E-state index in [0.29, 0.717) is 11.8 Å². The Kier molecular flexibility index (Phi) is 3.52. The highest BCUT2D eigenvalue weighted by molar-refractivity contribution is 5.30. The molecule has 0 radical (unpaired) electrons. The maximum Gasteiger partial charge on any atom is 0.313 e. The lowest BCUT2D eigenvalue weighted by Gasteiger charge is -2.08. The molecule has 0 unspecified atom stereocenters. The molecule has 1 aromatic heterocycles. The minimum atomic E-state index is -0.158. The molecule has 1 N–H and O–H groups in total. The van der Waals surface area contributed by atoms with Crippen molar-refractivity contribution in [1.29, 1.82) is 0 Å². The zero-order valence-corrected chi connectivity index (χ0v) is 11.4.